The topological polar surface area (TPSA) is 55.6 Å². The highest BCUT2D eigenvalue weighted by Gasteiger charge is 2.35. The number of carbonyl (C=O) groups excluding carboxylic acids is 1. The first-order valence-corrected chi connectivity index (χ1v) is 8.04. The molecule has 0 radical (unpaired) electrons. The molecule has 4 nitrogen and oxygen atoms in total. The van der Waals surface area contributed by atoms with Crippen LogP contribution in [0.15, 0.2) is 0 Å². The van der Waals surface area contributed by atoms with Crippen molar-refractivity contribution >= 4 is 6.09 Å². The summed E-state index contributed by atoms with van der Waals surface area (Å²) in [6, 6.07) is 0. The molecule has 2 fully saturated rings. The number of carbonyl (C=O) groups is 1. The molecule has 0 aromatic carbocycles. The number of nitrogens with two attached hydrogens (primary N) is 1. The Morgan fingerprint density at radius 3 is 2.55 bits per heavy atom. The van der Waals surface area contributed by atoms with Crippen LogP contribution in [0.3, 0.4) is 0 Å². The normalized spacial score (nSPS) is 26.6. The van der Waals surface area contributed by atoms with Crippen LogP contribution in [0.4, 0.5) is 4.79 Å². The van der Waals surface area contributed by atoms with Crippen molar-refractivity contribution in [3.8, 4) is 0 Å². The summed E-state index contributed by atoms with van der Waals surface area (Å²) in [5.41, 5.74) is 6.14. The molecule has 1 unspecified atom stereocenters. The van der Waals surface area contributed by atoms with Crippen molar-refractivity contribution in [3.63, 3.8) is 0 Å². The smallest absolute Gasteiger partial charge is 0.410 e. The van der Waals surface area contributed by atoms with E-state index in [1.54, 1.807) is 0 Å². The van der Waals surface area contributed by atoms with Gasteiger partial charge in [-0.3, -0.25) is 0 Å². The van der Waals surface area contributed by atoms with Gasteiger partial charge in [0.05, 0.1) is 0 Å². The summed E-state index contributed by atoms with van der Waals surface area (Å²) in [7, 11) is 0. The van der Waals surface area contributed by atoms with Gasteiger partial charge in [0.15, 0.2) is 0 Å². The molecule has 1 aliphatic heterocycles. The molecule has 1 heterocycles. The van der Waals surface area contributed by atoms with E-state index in [0.29, 0.717) is 5.92 Å². The molecule has 4 heteroatoms. The largest absolute Gasteiger partial charge is 0.444 e. The van der Waals surface area contributed by atoms with Gasteiger partial charge in [0.25, 0.3) is 0 Å². The van der Waals surface area contributed by atoms with Crippen LogP contribution in [0.2, 0.25) is 0 Å². The van der Waals surface area contributed by atoms with E-state index in [2.05, 4.69) is 0 Å². The van der Waals surface area contributed by atoms with Crippen molar-refractivity contribution in [2.45, 2.75) is 76.9 Å². The van der Waals surface area contributed by atoms with Crippen LogP contribution in [-0.4, -0.2) is 35.2 Å². The number of hydrogen-bond acceptors (Lipinski definition) is 3. The highest BCUT2D eigenvalue weighted by molar-refractivity contribution is 5.68. The van der Waals surface area contributed by atoms with Crippen molar-refractivity contribution in [2.24, 2.45) is 11.7 Å². The SMILES string of the molecule is CC(C)(C)OC(=O)N1CCC(CC2(N)CCCCC2)C1. The second kappa shape index (κ2) is 5.92. The van der Waals surface area contributed by atoms with Crippen LogP contribution in [0, 0.1) is 5.92 Å². The molecule has 20 heavy (non-hydrogen) atoms. The lowest BCUT2D eigenvalue weighted by molar-refractivity contribution is 0.0285. The molecular formula is C16H30N2O2. The van der Waals surface area contributed by atoms with Gasteiger partial charge in [-0.1, -0.05) is 19.3 Å². The molecule has 1 atom stereocenters. The fraction of sp³-hybridized carbons (Fsp3) is 0.938. The lowest BCUT2D eigenvalue weighted by Crippen LogP contribution is -2.44. The van der Waals surface area contributed by atoms with Crippen LogP contribution >= 0.6 is 0 Å². The Kier molecular flexibility index (Phi) is 4.62. The number of rotatable bonds is 2. The molecule has 0 bridgehead atoms. The molecule has 2 aliphatic rings. The molecule has 2 rings (SSSR count). The van der Waals surface area contributed by atoms with E-state index in [1.165, 1.54) is 19.3 Å². The Bertz CT molecular complexity index is 343. The maximum absolute atomic E-state index is 12.1. The molecule has 1 saturated heterocycles. The molecular weight excluding hydrogens is 252 g/mol. The van der Waals surface area contributed by atoms with Gasteiger partial charge in [0.1, 0.15) is 5.60 Å². The van der Waals surface area contributed by atoms with E-state index in [0.717, 1.165) is 38.8 Å². The van der Waals surface area contributed by atoms with Crippen LogP contribution < -0.4 is 5.73 Å². The average Bonchev–Trinajstić information content (AvgIpc) is 2.75. The molecule has 116 valence electrons. The van der Waals surface area contributed by atoms with E-state index >= 15 is 0 Å². The quantitative estimate of drug-likeness (QED) is 0.845. The van der Waals surface area contributed by atoms with Gasteiger partial charge in [0.2, 0.25) is 0 Å². The Labute approximate surface area is 123 Å². The molecule has 1 amide bonds. The summed E-state index contributed by atoms with van der Waals surface area (Å²) in [4.78, 5) is 13.9. The molecule has 1 aliphatic carbocycles. The first-order chi connectivity index (χ1) is 9.27. The fourth-order valence-electron chi connectivity index (χ4n) is 3.53. The summed E-state index contributed by atoms with van der Waals surface area (Å²) in [6.45, 7) is 7.36. The monoisotopic (exact) mass is 282 g/mol. The van der Waals surface area contributed by atoms with Gasteiger partial charge in [-0.2, -0.15) is 0 Å². The predicted octanol–water partition coefficient (Wildman–Crippen LogP) is 3.30. The lowest BCUT2D eigenvalue weighted by Gasteiger charge is -2.35. The first-order valence-electron chi connectivity index (χ1n) is 8.04. The zero-order valence-electron chi connectivity index (χ0n) is 13.3. The van der Waals surface area contributed by atoms with Gasteiger partial charge >= 0.3 is 6.09 Å². The fourth-order valence-corrected chi connectivity index (χ4v) is 3.53. The summed E-state index contributed by atoms with van der Waals surface area (Å²) in [6.07, 6.45) is 8.11. The van der Waals surface area contributed by atoms with Crippen molar-refractivity contribution in [1.29, 1.82) is 0 Å². The van der Waals surface area contributed by atoms with Crippen molar-refractivity contribution < 1.29 is 9.53 Å². The van der Waals surface area contributed by atoms with E-state index in [4.69, 9.17) is 10.5 Å². The minimum Gasteiger partial charge on any atom is -0.444 e. The van der Waals surface area contributed by atoms with Crippen molar-refractivity contribution in [1.82, 2.24) is 4.90 Å². The molecule has 2 N–H and O–H groups in total. The third kappa shape index (κ3) is 4.37. The number of hydrogen-bond donors (Lipinski definition) is 1. The van der Waals surface area contributed by atoms with E-state index in [1.807, 2.05) is 25.7 Å². The van der Waals surface area contributed by atoms with Gasteiger partial charge < -0.3 is 15.4 Å². The van der Waals surface area contributed by atoms with Crippen LogP contribution in [0.5, 0.6) is 0 Å². The second-order valence-electron chi connectivity index (χ2n) is 7.71. The zero-order chi connectivity index (χ0) is 14.8. The van der Waals surface area contributed by atoms with Gasteiger partial charge in [0, 0.05) is 18.6 Å². The average molecular weight is 282 g/mol. The standard InChI is InChI=1S/C16H30N2O2/c1-15(2,3)20-14(19)18-10-7-13(12-18)11-16(17)8-5-4-6-9-16/h13H,4-12,17H2,1-3H3. The predicted molar refractivity (Wildman–Crippen MR) is 80.5 cm³/mol. The summed E-state index contributed by atoms with van der Waals surface area (Å²) < 4.78 is 5.44. The van der Waals surface area contributed by atoms with E-state index in [9.17, 15) is 4.79 Å². The Balaban J connectivity index is 1.81. The Morgan fingerprint density at radius 2 is 1.95 bits per heavy atom. The van der Waals surface area contributed by atoms with Crippen LogP contribution in [-0.2, 0) is 4.74 Å². The Morgan fingerprint density at radius 1 is 1.30 bits per heavy atom. The first kappa shape index (κ1) is 15.6. The molecule has 1 saturated carbocycles. The van der Waals surface area contributed by atoms with Crippen molar-refractivity contribution in [2.75, 3.05) is 13.1 Å². The summed E-state index contributed by atoms with van der Waals surface area (Å²) in [5.74, 6) is 0.547. The molecule has 0 spiro atoms. The zero-order valence-corrected chi connectivity index (χ0v) is 13.3. The summed E-state index contributed by atoms with van der Waals surface area (Å²) in [5, 5.41) is 0. The number of nitrogens with zero attached hydrogens (tertiary/aromatic N) is 1. The number of amides is 1. The third-order valence-electron chi connectivity index (χ3n) is 4.48. The minimum atomic E-state index is -0.409. The van der Waals surface area contributed by atoms with Gasteiger partial charge in [-0.05, 0) is 52.4 Å². The number of likely N-dealkylation sites (tertiary alicyclic amines) is 1. The maximum atomic E-state index is 12.1. The maximum Gasteiger partial charge on any atom is 0.410 e. The molecule has 0 aromatic rings. The van der Waals surface area contributed by atoms with Gasteiger partial charge in [-0.25, -0.2) is 4.79 Å². The molecule has 0 aromatic heterocycles. The number of ether oxygens (including phenoxy) is 1. The second-order valence-corrected chi connectivity index (χ2v) is 7.71. The van der Waals surface area contributed by atoms with Crippen LogP contribution in [0.25, 0.3) is 0 Å². The van der Waals surface area contributed by atoms with Crippen molar-refractivity contribution in [3.05, 3.63) is 0 Å². The minimum absolute atomic E-state index is 0.0207. The lowest BCUT2D eigenvalue weighted by atomic mass is 9.76. The highest BCUT2D eigenvalue weighted by Crippen LogP contribution is 2.34. The van der Waals surface area contributed by atoms with Gasteiger partial charge in [-0.15, -0.1) is 0 Å². The van der Waals surface area contributed by atoms with E-state index in [-0.39, 0.29) is 11.6 Å². The summed E-state index contributed by atoms with van der Waals surface area (Å²) >= 11 is 0. The highest BCUT2D eigenvalue weighted by atomic mass is 16.6. The van der Waals surface area contributed by atoms with Crippen LogP contribution in [0.1, 0.15) is 65.7 Å². The third-order valence-corrected chi connectivity index (χ3v) is 4.48. The van der Waals surface area contributed by atoms with E-state index < -0.39 is 5.60 Å². The Hall–Kier alpha value is -0.770.